The number of benzene rings is 1. The van der Waals surface area contributed by atoms with E-state index in [2.05, 4.69) is 15.5 Å². The Bertz CT molecular complexity index is 614. The summed E-state index contributed by atoms with van der Waals surface area (Å²) < 4.78 is 0. The van der Waals surface area contributed by atoms with Crippen LogP contribution in [-0.4, -0.2) is 36.9 Å². The number of amides is 2. The van der Waals surface area contributed by atoms with Crippen LogP contribution < -0.4 is 15.5 Å². The predicted molar refractivity (Wildman–Crippen MR) is 97.8 cm³/mol. The van der Waals surface area contributed by atoms with E-state index >= 15 is 0 Å². The van der Waals surface area contributed by atoms with Gasteiger partial charge in [-0.15, -0.1) is 0 Å². The number of carbonyl (C=O) groups excluding carboxylic acids is 1. The van der Waals surface area contributed by atoms with Crippen LogP contribution in [-0.2, 0) is 0 Å². The van der Waals surface area contributed by atoms with E-state index in [9.17, 15) is 4.79 Å². The molecule has 0 radical (unpaired) electrons. The molecule has 0 spiro atoms. The van der Waals surface area contributed by atoms with Crippen molar-refractivity contribution in [3.05, 3.63) is 35.4 Å². The molecule has 2 amide bonds. The van der Waals surface area contributed by atoms with Gasteiger partial charge >= 0.3 is 6.03 Å². The Morgan fingerprint density at radius 3 is 2.71 bits per heavy atom. The van der Waals surface area contributed by atoms with E-state index in [1.54, 1.807) is 6.07 Å². The van der Waals surface area contributed by atoms with Crippen LogP contribution in [0.4, 0.5) is 16.2 Å². The summed E-state index contributed by atoms with van der Waals surface area (Å²) >= 11 is 6.40. The molecule has 6 heteroatoms. The van der Waals surface area contributed by atoms with E-state index in [-0.39, 0.29) is 24.6 Å². The number of anilines is 2. The summed E-state index contributed by atoms with van der Waals surface area (Å²) in [7, 11) is 0. The largest absolute Gasteiger partial charge is 0.396 e. The second kappa shape index (κ2) is 7.90. The third-order valence-electron chi connectivity index (χ3n) is 4.63. The van der Waals surface area contributed by atoms with Gasteiger partial charge < -0.3 is 20.6 Å². The molecule has 1 aromatic rings. The fraction of sp³-hybridized carbons (Fsp3) is 0.500. The first-order chi connectivity index (χ1) is 11.7. The Kier molecular flexibility index (Phi) is 5.63. The molecule has 2 aliphatic rings. The number of halogens is 1. The highest BCUT2D eigenvalue weighted by Crippen LogP contribution is 2.30. The highest BCUT2D eigenvalue weighted by atomic mass is 35.5. The topological polar surface area (TPSA) is 64.6 Å². The summed E-state index contributed by atoms with van der Waals surface area (Å²) in [4.78, 5) is 14.4. The zero-order valence-electron chi connectivity index (χ0n) is 13.7. The molecule has 1 fully saturated rings. The number of aliphatic hydroxyl groups is 1. The van der Waals surface area contributed by atoms with Crippen molar-refractivity contribution in [2.75, 3.05) is 29.9 Å². The van der Waals surface area contributed by atoms with Gasteiger partial charge in [-0.1, -0.05) is 23.8 Å². The highest BCUT2D eigenvalue weighted by Gasteiger charge is 2.20. The lowest BCUT2D eigenvalue weighted by molar-refractivity contribution is 0.238. The second-order valence-corrected chi connectivity index (χ2v) is 6.89. The van der Waals surface area contributed by atoms with Crippen LogP contribution >= 0.6 is 11.6 Å². The van der Waals surface area contributed by atoms with Crippen LogP contribution in [0.5, 0.6) is 0 Å². The second-order valence-electron chi connectivity index (χ2n) is 6.48. The number of nitrogens with zero attached hydrogens (tertiary/aromatic N) is 1. The van der Waals surface area contributed by atoms with Crippen molar-refractivity contribution < 1.29 is 9.90 Å². The molecule has 24 heavy (non-hydrogen) atoms. The lowest BCUT2D eigenvalue weighted by Crippen LogP contribution is -2.36. The number of piperidine rings is 1. The summed E-state index contributed by atoms with van der Waals surface area (Å²) in [6.45, 7) is 2.18. The molecule has 1 aliphatic carbocycles. The lowest BCUT2D eigenvalue weighted by atomic mass is 10.1. The van der Waals surface area contributed by atoms with Crippen molar-refractivity contribution in [2.45, 2.75) is 31.7 Å². The number of nitrogens with one attached hydrogen (secondary N) is 2. The molecule has 130 valence electrons. The predicted octanol–water partition coefficient (Wildman–Crippen LogP) is 3.39. The molecule has 1 saturated heterocycles. The molecule has 0 saturated carbocycles. The maximum Gasteiger partial charge on any atom is 0.319 e. The summed E-state index contributed by atoms with van der Waals surface area (Å²) in [6.07, 6.45) is 8.27. The van der Waals surface area contributed by atoms with Crippen molar-refractivity contribution in [1.82, 2.24) is 5.32 Å². The molecule has 2 atom stereocenters. The number of urea groups is 1. The third-order valence-corrected chi connectivity index (χ3v) is 4.93. The lowest BCUT2D eigenvalue weighted by Gasteiger charge is -2.29. The van der Waals surface area contributed by atoms with Crippen LogP contribution in [0.25, 0.3) is 0 Å². The number of aliphatic hydroxyl groups excluding tert-OH is 1. The first-order valence-corrected chi connectivity index (χ1v) is 8.94. The summed E-state index contributed by atoms with van der Waals surface area (Å²) in [5.41, 5.74) is 1.71. The minimum atomic E-state index is -0.259. The Morgan fingerprint density at radius 2 is 2.04 bits per heavy atom. The van der Waals surface area contributed by atoms with Gasteiger partial charge in [0.05, 0.1) is 10.7 Å². The minimum Gasteiger partial charge on any atom is -0.396 e. The van der Waals surface area contributed by atoms with Crippen LogP contribution in [0, 0.1) is 5.92 Å². The molecular weight excluding hydrogens is 326 g/mol. The molecule has 1 heterocycles. The van der Waals surface area contributed by atoms with E-state index in [1.807, 2.05) is 24.3 Å². The highest BCUT2D eigenvalue weighted by molar-refractivity contribution is 6.33. The van der Waals surface area contributed by atoms with Crippen LogP contribution in [0.2, 0.25) is 5.02 Å². The van der Waals surface area contributed by atoms with Gasteiger partial charge in [0.25, 0.3) is 0 Å². The van der Waals surface area contributed by atoms with E-state index in [1.165, 1.54) is 19.3 Å². The monoisotopic (exact) mass is 349 g/mol. The van der Waals surface area contributed by atoms with Gasteiger partial charge in [0.2, 0.25) is 0 Å². The SMILES string of the molecule is O=C(Nc1ccc(N2CCCCC2)c(Cl)c1)N[C@@H]1C=C[C@H](CO)C1. The van der Waals surface area contributed by atoms with Crippen molar-refractivity contribution >= 4 is 29.0 Å². The molecule has 5 nitrogen and oxygen atoms in total. The zero-order valence-corrected chi connectivity index (χ0v) is 14.4. The van der Waals surface area contributed by atoms with E-state index < -0.39 is 0 Å². The Hall–Kier alpha value is -1.72. The third kappa shape index (κ3) is 4.22. The molecule has 1 aliphatic heterocycles. The van der Waals surface area contributed by atoms with Gasteiger partial charge in [-0.2, -0.15) is 0 Å². The number of rotatable bonds is 4. The molecule has 3 rings (SSSR count). The zero-order chi connectivity index (χ0) is 16.9. The molecule has 3 N–H and O–H groups in total. The standard InChI is InChI=1S/C18H24ClN3O2/c19-16-11-15(6-7-17(16)22-8-2-1-3-9-22)21-18(24)20-14-5-4-13(10-14)12-23/h4-7,11,13-14,23H,1-3,8-10,12H2,(H2,20,21,24)/t13-,14+/m0/s1. The minimum absolute atomic E-state index is 0.0368. The summed E-state index contributed by atoms with van der Waals surface area (Å²) in [5, 5.41) is 15.5. The van der Waals surface area contributed by atoms with E-state index in [4.69, 9.17) is 16.7 Å². The number of hydrogen-bond donors (Lipinski definition) is 3. The molecule has 0 unspecified atom stereocenters. The fourth-order valence-electron chi connectivity index (χ4n) is 3.33. The van der Waals surface area contributed by atoms with Gasteiger partial charge in [-0.3, -0.25) is 0 Å². The average Bonchev–Trinajstić information content (AvgIpc) is 3.03. The number of carbonyl (C=O) groups is 1. The van der Waals surface area contributed by atoms with Gasteiger partial charge in [0.1, 0.15) is 0 Å². The van der Waals surface area contributed by atoms with E-state index in [0.29, 0.717) is 10.7 Å². The smallest absolute Gasteiger partial charge is 0.319 e. The Labute approximate surface area is 147 Å². The van der Waals surface area contributed by atoms with Gasteiger partial charge in [-0.05, 0) is 43.9 Å². The van der Waals surface area contributed by atoms with E-state index in [0.717, 1.165) is 25.2 Å². The molecule has 0 bridgehead atoms. The van der Waals surface area contributed by atoms with Gasteiger partial charge in [-0.25, -0.2) is 4.79 Å². The first kappa shape index (κ1) is 17.1. The Morgan fingerprint density at radius 1 is 1.25 bits per heavy atom. The molecular formula is C18H24ClN3O2. The van der Waals surface area contributed by atoms with Crippen LogP contribution in [0.1, 0.15) is 25.7 Å². The fourth-order valence-corrected chi connectivity index (χ4v) is 3.63. The van der Waals surface area contributed by atoms with Crippen LogP contribution in [0.15, 0.2) is 30.4 Å². The average molecular weight is 350 g/mol. The van der Waals surface area contributed by atoms with Gasteiger partial charge in [0, 0.05) is 37.3 Å². The van der Waals surface area contributed by atoms with Crippen molar-refractivity contribution in [1.29, 1.82) is 0 Å². The molecule has 1 aromatic carbocycles. The summed E-state index contributed by atoms with van der Waals surface area (Å²) in [5.74, 6) is 0.133. The number of hydrogen-bond acceptors (Lipinski definition) is 3. The quantitative estimate of drug-likeness (QED) is 0.730. The first-order valence-electron chi connectivity index (χ1n) is 8.57. The van der Waals surface area contributed by atoms with Gasteiger partial charge in [0.15, 0.2) is 0 Å². The van der Waals surface area contributed by atoms with Crippen LogP contribution in [0.3, 0.4) is 0 Å². The maximum absolute atomic E-state index is 12.1. The van der Waals surface area contributed by atoms with Crippen molar-refractivity contribution in [3.8, 4) is 0 Å². The van der Waals surface area contributed by atoms with Crippen molar-refractivity contribution in [3.63, 3.8) is 0 Å². The Balaban J connectivity index is 1.56. The molecule has 0 aromatic heterocycles. The normalized spacial score (nSPS) is 23.3. The summed E-state index contributed by atoms with van der Waals surface area (Å²) in [6, 6.07) is 5.36. The maximum atomic E-state index is 12.1. The van der Waals surface area contributed by atoms with Crippen molar-refractivity contribution in [2.24, 2.45) is 5.92 Å².